The van der Waals surface area contributed by atoms with Gasteiger partial charge in [-0.1, -0.05) is 26.0 Å². The van der Waals surface area contributed by atoms with E-state index in [0.29, 0.717) is 29.7 Å². The lowest BCUT2D eigenvalue weighted by molar-refractivity contribution is 0.102. The Bertz CT molecular complexity index is 1220. The quantitative estimate of drug-likeness (QED) is 0.761. The number of nitrogens with one attached hydrogen (secondary N) is 1. The fourth-order valence-electron chi connectivity index (χ4n) is 3.79. The van der Waals surface area contributed by atoms with Crippen LogP contribution in [0.15, 0.2) is 51.8 Å². The molecule has 2 aromatic rings. The lowest BCUT2D eigenvalue weighted by Gasteiger charge is -2.30. The third kappa shape index (κ3) is 3.93. The second kappa shape index (κ2) is 7.50. The van der Waals surface area contributed by atoms with Gasteiger partial charge in [0.2, 0.25) is 0 Å². The lowest BCUT2D eigenvalue weighted by atomic mass is 9.97. The molecule has 2 aliphatic rings. The highest BCUT2D eigenvalue weighted by atomic mass is 32.2. The molecule has 1 amide bonds. The summed E-state index contributed by atoms with van der Waals surface area (Å²) in [6, 6.07) is 14.2. The summed E-state index contributed by atoms with van der Waals surface area (Å²) >= 11 is 0. The number of hydrogen-bond acceptors (Lipinski definition) is 5. The molecular formula is C23H24N4O3S. The van der Waals surface area contributed by atoms with Crippen LogP contribution in [0.25, 0.3) is 0 Å². The van der Waals surface area contributed by atoms with Crippen molar-refractivity contribution in [2.75, 3.05) is 16.8 Å². The molecule has 8 heteroatoms. The first-order valence-corrected chi connectivity index (χ1v) is 11.7. The van der Waals surface area contributed by atoms with E-state index < -0.39 is 15.9 Å². The molecule has 1 fully saturated rings. The van der Waals surface area contributed by atoms with Crippen LogP contribution in [0.5, 0.6) is 0 Å². The van der Waals surface area contributed by atoms with Crippen LogP contribution < -0.4 is 10.2 Å². The molecule has 4 rings (SSSR count). The number of rotatable bonds is 5. The number of amides is 1. The molecule has 1 aliphatic carbocycles. The number of carbonyl (C=O) groups is 1. The van der Waals surface area contributed by atoms with E-state index in [2.05, 4.69) is 15.8 Å². The first kappa shape index (κ1) is 21.1. The molecule has 1 N–H and O–H groups in total. The fourth-order valence-corrected chi connectivity index (χ4v) is 5.06. The molecule has 0 bridgehead atoms. The second-order valence-corrected chi connectivity index (χ2v) is 10.1. The SMILES string of the molecule is CC1=NS(=O)(=O)c2cc(C(=O)Nc3ccc(C4(C#N)CC4)cc3)ccc2N1CC(C)C. The Morgan fingerprint density at radius 3 is 2.48 bits per heavy atom. The monoisotopic (exact) mass is 436 g/mol. The third-order valence-corrected chi connectivity index (χ3v) is 7.03. The molecule has 0 radical (unpaired) electrons. The minimum absolute atomic E-state index is 0.0337. The van der Waals surface area contributed by atoms with E-state index in [9.17, 15) is 18.5 Å². The zero-order valence-electron chi connectivity index (χ0n) is 17.7. The minimum atomic E-state index is -3.87. The van der Waals surface area contributed by atoms with Gasteiger partial charge in [0, 0.05) is 17.8 Å². The first-order chi connectivity index (χ1) is 14.6. The van der Waals surface area contributed by atoms with Gasteiger partial charge < -0.3 is 10.2 Å². The van der Waals surface area contributed by atoms with Crippen LogP contribution in [-0.2, 0) is 15.4 Å². The summed E-state index contributed by atoms with van der Waals surface area (Å²) in [5, 5.41) is 12.1. The van der Waals surface area contributed by atoms with Crippen molar-refractivity contribution in [2.45, 2.75) is 43.9 Å². The summed E-state index contributed by atoms with van der Waals surface area (Å²) < 4.78 is 29.2. The minimum Gasteiger partial charge on any atom is -0.328 e. The Balaban J connectivity index is 1.59. The van der Waals surface area contributed by atoms with Gasteiger partial charge >= 0.3 is 0 Å². The number of anilines is 2. The Labute approximate surface area is 182 Å². The highest BCUT2D eigenvalue weighted by Gasteiger charge is 2.44. The van der Waals surface area contributed by atoms with Crippen molar-refractivity contribution < 1.29 is 13.2 Å². The zero-order valence-corrected chi connectivity index (χ0v) is 18.5. The average molecular weight is 437 g/mol. The summed E-state index contributed by atoms with van der Waals surface area (Å²) in [5.74, 6) is 0.318. The first-order valence-electron chi connectivity index (χ1n) is 10.2. The number of benzene rings is 2. The average Bonchev–Trinajstić information content (AvgIpc) is 3.52. The molecule has 7 nitrogen and oxygen atoms in total. The van der Waals surface area contributed by atoms with Crippen molar-refractivity contribution in [2.24, 2.45) is 10.3 Å². The van der Waals surface area contributed by atoms with Crippen LogP contribution >= 0.6 is 0 Å². The molecule has 160 valence electrons. The van der Waals surface area contributed by atoms with Gasteiger partial charge in [0.15, 0.2) is 0 Å². The number of nitrogens with zero attached hydrogens (tertiary/aromatic N) is 3. The van der Waals surface area contributed by atoms with Gasteiger partial charge in [0.25, 0.3) is 15.9 Å². The Kier molecular flexibility index (Phi) is 5.10. The van der Waals surface area contributed by atoms with E-state index in [1.54, 1.807) is 31.2 Å². The zero-order chi connectivity index (χ0) is 22.4. The highest BCUT2D eigenvalue weighted by molar-refractivity contribution is 7.90. The van der Waals surface area contributed by atoms with E-state index in [0.717, 1.165) is 18.4 Å². The molecule has 1 heterocycles. The molecule has 0 atom stereocenters. The Morgan fingerprint density at radius 1 is 1.23 bits per heavy atom. The molecule has 1 saturated carbocycles. The Morgan fingerprint density at radius 2 is 1.90 bits per heavy atom. The van der Waals surface area contributed by atoms with E-state index in [4.69, 9.17) is 0 Å². The van der Waals surface area contributed by atoms with E-state index in [1.807, 2.05) is 30.9 Å². The van der Waals surface area contributed by atoms with Crippen LogP contribution in [-0.4, -0.2) is 26.7 Å². The predicted octanol–water partition coefficient (Wildman–Crippen LogP) is 4.08. The van der Waals surface area contributed by atoms with Crippen LogP contribution in [0.2, 0.25) is 0 Å². The van der Waals surface area contributed by atoms with Crippen LogP contribution in [0, 0.1) is 17.2 Å². The maximum Gasteiger partial charge on any atom is 0.286 e. The van der Waals surface area contributed by atoms with Gasteiger partial charge in [0.1, 0.15) is 10.7 Å². The van der Waals surface area contributed by atoms with Crippen molar-refractivity contribution in [3.63, 3.8) is 0 Å². The van der Waals surface area contributed by atoms with E-state index in [1.165, 1.54) is 6.07 Å². The number of nitriles is 1. The maximum absolute atomic E-state index is 12.8. The van der Waals surface area contributed by atoms with Gasteiger partial charge in [-0.3, -0.25) is 4.79 Å². The summed E-state index contributed by atoms with van der Waals surface area (Å²) in [7, 11) is -3.87. The van der Waals surface area contributed by atoms with Gasteiger partial charge in [-0.2, -0.15) is 13.7 Å². The van der Waals surface area contributed by atoms with Crippen molar-refractivity contribution in [1.29, 1.82) is 5.26 Å². The van der Waals surface area contributed by atoms with Crippen molar-refractivity contribution in [3.8, 4) is 6.07 Å². The molecule has 2 aromatic carbocycles. The van der Waals surface area contributed by atoms with Crippen LogP contribution in [0.4, 0.5) is 11.4 Å². The van der Waals surface area contributed by atoms with E-state index in [-0.39, 0.29) is 15.9 Å². The van der Waals surface area contributed by atoms with Crippen molar-refractivity contribution >= 4 is 33.1 Å². The molecule has 0 saturated heterocycles. The molecule has 0 aromatic heterocycles. The largest absolute Gasteiger partial charge is 0.328 e. The number of amidine groups is 1. The van der Waals surface area contributed by atoms with Crippen molar-refractivity contribution in [1.82, 2.24) is 0 Å². The van der Waals surface area contributed by atoms with Gasteiger partial charge in [-0.05, 0) is 61.6 Å². The normalized spacial score (nSPS) is 18.0. The van der Waals surface area contributed by atoms with Gasteiger partial charge in [-0.15, -0.1) is 4.40 Å². The van der Waals surface area contributed by atoms with Gasteiger partial charge in [-0.25, -0.2) is 0 Å². The second-order valence-electron chi connectivity index (χ2n) is 8.53. The summed E-state index contributed by atoms with van der Waals surface area (Å²) in [5.41, 5.74) is 1.93. The summed E-state index contributed by atoms with van der Waals surface area (Å²) in [6.45, 7) is 6.39. The summed E-state index contributed by atoms with van der Waals surface area (Å²) in [6.07, 6.45) is 1.71. The van der Waals surface area contributed by atoms with Crippen LogP contribution in [0.1, 0.15) is 49.5 Å². The summed E-state index contributed by atoms with van der Waals surface area (Å²) in [4.78, 5) is 14.7. The van der Waals surface area contributed by atoms with E-state index >= 15 is 0 Å². The number of hydrogen-bond donors (Lipinski definition) is 1. The third-order valence-electron chi connectivity index (χ3n) is 5.64. The molecular weight excluding hydrogens is 412 g/mol. The fraction of sp³-hybridized carbons (Fsp3) is 0.348. The lowest BCUT2D eigenvalue weighted by Crippen LogP contribution is -2.36. The number of fused-ring (bicyclic) bond motifs is 1. The molecule has 1 aliphatic heterocycles. The molecule has 0 spiro atoms. The highest BCUT2D eigenvalue weighted by Crippen LogP contribution is 2.47. The number of sulfonamides is 1. The number of carbonyl (C=O) groups excluding carboxylic acids is 1. The molecule has 31 heavy (non-hydrogen) atoms. The standard InChI is InChI=1S/C23H24N4O3S/c1-15(2)13-27-16(3)26-31(29,30)21-12-17(4-9-20(21)27)22(28)25-19-7-5-18(6-8-19)23(14-24)10-11-23/h4-9,12,15H,10-11,13H2,1-3H3,(H,25,28). The maximum atomic E-state index is 12.8. The smallest absolute Gasteiger partial charge is 0.286 e. The van der Waals surface area contributed by atoms with Crippen molar-refractivity contribution in [3.05, 3.63) is 53.6 Å². The van der Waals surface area contributed by atoms with Crippen LogP contribution in [0.3, 0.4) is 0 Å². The topological polar surface area (TPSA) is 103 Å². The molecule has 0 unspecified atom stereocenters. The predicted molar refractivity (Wildman–Crippen MR) is 120 cm³/mol. The van der Waals surface area contributed by atoms with Gasteiger partial charge in [0.05, 0.1) is 17.2 Å². The Hall–Kier alpha value is -3.18.